The van der Waals surface area contributed by atoms with E-state index in [0.717, 1.165) is 27.6 Å². The van der Waals surface area contributed by atoms with Gasteiger partial charge in [0.05, 0.1) is 7.11 Å². The number of nitrogens with one attached hydrogen (secondary N) is 3. The number of methoxy groups -OCH3 is 1. The van der Waals surface area contributed by atoms with Gasteiger partial charge in [-0.2, -0.15) is 5.10 Å². The summed E-state index contributed by atoms with van der Waals surface area (Å²) >= 11 is 5.36. The Labute approximate surface area is 196 Å². The van der Waals surface area contributed by atoms with Crippen LogP contribution in [0.5, 0.6) is 0 Å². The van der Waals surface area contributed by atoms with Gasteiger partial charge in [0.1, 0.15) is 6.04 Å². The molecule has 0 spiro atoms. The molecule has 4 aromatic rings. The highest BCUT2D eigenvalue weighted by atomic mass is 32.1. The van der Waals surface area contributed by atoms with E-state index in [4.69, 9.17) is 17.0 Å². The average molecular weight is 464 g/mol. The second-order valence-electron chi connectivity index (χ2n) is 7.83. The molecule has 1 atom stereocenters. The Morgan fingerprint density at radius 2 is 1.94 bits per heavy atom. The highest BCUT2D eigenvalue weighted by molar-refractivity contribution is 7.71. The lowest BCUT2D eigenvalue weighted by atomic mass is 10.0. The van der Waals surface area contributed by atoms with Crippen LogP contribution in [-0.4, -0.2) is 44.8 Å². The Hall–Kier alpha value is -3.72. The summed E-state index contributed by atoms with van der Waals surface area (Å²) in [6.45, 7) is 2.34. The summed E-state index contributed by atoms with van der Waals surface area (Å²) in [5.74, 6) is -0.104. The number of amides is 1. The number of fused-ring (bicyclic) bond motifs is 1. The number of carbonyl (C=O) groups is 2. The van der Waals surface area contributed by atoms with Crippen LogP contribution in [0.2, 0.25) is 0 Å². The van der Waals surface area contributed by atoms with Crippen LogP contribution in [-0.2, 0) is 27.3 Å². The zero-order valence-electron chi connectivity index (χ0n) is 18.4. The minimum Gasteiger partial charge on any atom is -0.467 e. The first-order chi connectivity index (χ1) is 16.0. The average Bonchev–Trinajstić information content (AvgIpc) is 3.40. The van der Waals surface area contributed by atoms with E-state index in [0.29, 0.717) is 23.6 Å². The minimum absolute atomic E-state index is 0.133. The van der Waals surface area contributed by atoms with Gasteiger partial charge >= 0.3 is 5.97 Å². The summed E-state index contributed by atoms with van der Waals surface area (Å²) in [6, 6.07) is 14.9. The molecular formula is C24H25N5O3S. The third-order valence-electron chi connectivity index (χ3n) is 5.55. The molecule has 2 aromatic carbocycles. The molecular weight excluding hydrogens is 438 g/mol. The van der Waals surface area contributed by atoms with Gasteiger partial charge in [-0.05, 0) is 30.8 Å². The predicted molar refractivity (Wildman–Crippen MR) is 128 cm³/mol. The van der Waals surface area contributed by atoms with Crippen LogP contribution < -0.4 is 5.32 Å². The zero-order chi connectivity index (χ0) is 23.4. The summed E-state index contributed by atoms with van der Waals surface area (Å²) in [4.78, 5) is 28.3. The Morgan fingerprint density at radius 3 is 2.70 bits per heavy atom. The molecule has 0 fully saturated rings. The van der Waals surface area contributed by atoms with Crippen molar-refractivity contribution >= 4 is 35.0 Å². The molecule has 3 N–H and O–H groups in total. The van der Waals surface area contributed by atoms with Gasteiger partial charge in [0.25, 0.3) is 0 Å². The van der Waals surface area contributed by atoms with Crippen molar-refractivity contribution in [2.75, 3.05) is 7.11 Å². The fraction of sp³-hybridized carbons (Fsp3) is 0.250. The summed E-state index contributed by atoms with van der Waals surface area (Å²) in [6.07, 6.45) is 2.31. The number of hydrogen-bond acceptors (Lipinski definition) is 5. The monoisotopic (exact) mass is 463 g/mol. The van der Waals surface area contributed by atoms with E-state index in [-0.39, 0.29) is 12.3 Å². The van der Waals surface area contributed by atoms with Gasteiger partial charge in [0.2, 0.25) is 5.91 Å². The number of hydrogen-bond donors (Lipinski definition) is 3. The zero-order valence-corrected chi connectivity index (χ0v) is 19.2. The summed E-state index contributed by atoms with van der Waals surface area (Å²) in [7, 11) is 1.31. The Kier molecular flexibility index (Phi) is 6.69. The number of rotatable bonds is 8. The van der Waals surface area contributed by atoms with Gasteiger partial charge in [-0.25, -0.2) is 4.79 Å². The van der Waals surface area contributed by atoms with Crippen LogP contribution in [0.4, 0.5) is 0 Å². The van der Waals surface area contributed by atoms with Gasteiger partial charge in [0, 0.05) is 42.0 Å². The molecule has 0 aliphatic heterocycles. The molecule has 0 aliphatic carbocycles. The molecule has 8 nitrogen and oxygen atoms in total. The van der Waals surface area contributed by atoms with Gasteiger partial charge in [-0.1, -0.05) is 48.0 Å². The van der Waals surface area contributed by atoms with Crippen molar-refractivity contribution in [3.05, 3.63) is 70.6 Å². The van der Waals surface area contributed by atoms with Crippen LogP contribution in [0.1, 0.15) is 17.5 Å². The van der Waals surface area contributed by atoms with Gasteiger partial charge in [-0.15, -0.1) is 0 Å². The highest BCUT2D eigenvalue weighted by Gasteiger charge is 2.23. The molecule has 1 unspecified atom stereocenters. The smallest absolute Gasteiger partial charge is 0.328 e. The van der Waals surface area contributed by atoms with Gasteiger partial charge < -0.3 is 15.0 Å². The first kappa shape index (κ1) is 22.5. The topological polar surface area (TPSA) is 105 Å². The van der Waals surface area contributed by atoms with Crippen molar-refractivity contribution in [1.29, 1.82) is 0 Å². The molecule has 2 aromatic heterocycles. The van der Waals surface area contributed by atoms with E-state index >= 15 is 0 Å². The normalized spacial score (nSPS) is 11.9. The summed E-state index contributed by atoms with van der Waals surface area (Å²) in [5, 5.41) is 10.9. The Balaban J connectivity index is 1.46. The fourth-order valence-electron chi connectivity index (χ4n) is 3.78. The lowest BCUT2D eigenvalue weighted by Crippen LogP contribution is -2.43. The third kappa shape index (κ3) is 5.04. The van der Waals surface area contributed by atoms with E-state index < -0.39 is 12.0 Å². The van der Waals surface area contributed by atoms with Crippen LogP contribution in [0, 0.1) is 11.7 Å². The van der Waals surface area contributed by atoms with E-state index in [2.05, 4.69) is 20.5 Å². The lowest BCUT2D eigenvalue weighted by Gasteiger charge is -2.16. The first-order valence-electron chi connectivity index (χ1n) is 10.6. The van der Waals surface area contributed by atoms with Crippen molar-refractivity contribution in [2.45, 2.75) is 32.4 Å². The molecule has 0 saturated heterocycles. The van der Waals surface area contributed by atoms with Crippen molar-refractivity contribution in [3.8, 4) is 11.4 Å². The number of aromatic nitrogens is 4. The second kappa shape index (κ2) is 9.83. The maximum Gasteiger partial charge on any atom is 0.328 e. The number of benzene rings is 2. The van der Waals surface area contributed by atoms with E-state index in [9.17, 15) is 9.59 Å². The molecule has 0 bridgehead atoms. The van der Waals surface area contributed by atoms with E-state index in [1.165, 1.54) is 7.11 Å². The standard InChI is InChI=1S/C24H25N5O3S/c1-15-7-9-16(10-8-15)22-27-28-24(33)29(22)12-11-21(30)26-20(23(31)32-2)13-17-14-25-19-6-4-3-5-18(17)19/h3-10,14,20,25H,11-13H2,1-2H3,(H,26,30)(H,28,33). The maximum absolute atomic E-state index is 12.8. The number of para-hydroxylation sites is 1. The molecule has 0 aliphatic rings. The van der Waals surface area contributed by atoms with Crippen molar-refractivity contribution in [2.24, 2.45) is 0 Å². The number of ether oxygens (including phenoxy) is 1. The number of aromatic amines is 2. The van der Waals surface area contributed by atoms with E-state index in [1.807, 2.05) is 61.7 Å². The van der Waals surface area contributed by atoms with Crippen LogP contribution in [0.3, 0.4) is 0 Å². The largest absolute Gasteiger partial charge is 0.467 e. The quantitative estimate of drug-likeness (QED) is 0.273. The second-order valence-corrected chi connectivity index (χ2v) is 8.21. The van der Waals surface area contributed by atoms with Gasteiger partial charge in [-0.3, -0.25) is 14.5 Å². The molecule has 0 radical (unpaired) electrons. The molecule has 2 heterocycles. The van der Waals surface area contributed by atoms with Crippen molar-refractivity contribution in [3.63, 3.8) is 0 Å². The number of esters is 1. The lowest BCUT2D eigenvalue weighted by molar-refractivity contribution is -0.145. The fourth-order valence-corrected chi connectivity index (χ4v) is 4.01. The van der Waals surface area contributed by atoms with Gasteiger partial charge in [0.15, 0.2) is 10.6 Å². The highest BCUT2D eigenvalue weighted by Crippen LogP contribution is 2.20. The SMILES string of the molecule is COC(=O)C(Cc1c[nH]c2ccccc12)NC(=O)CCn1c(-c2ccc(C)cc2)n[nH]c1=S. The number of H-pyrrole nitrogens is 2. The first-order valence-corrected chi connectivity index (χ1v) is 11.0. The Morgan fingerprint density at radius 1 is 1.18 bits per heavy atom. The number of carbonyl (C=O) groups excluding carboxylic acids is 2. The molecule has 1 amide bonds. The molecule has 4 rings (SSSR count). The number of nitrogens with zero attached hydrogens (tertiary/aromatic N) is 2. The van der Waals surface area contributed by atoms with Crippen molar-refractivity contribution in [1.82, 2.24) is 25.1 Å². The third-order valence-corrected chi connectivity index (χ3v) is 5.86. The van der Waals surface area contributed by atoms with Crippen LogP contribution in [0.15, 0.2) is 54.7 Å². The molecule has 170 valence electrons. The van der Waals surface area contributed by atoms with Crippen molar-refractivity contribution < 1.29 is 14.3 Å². The molecule has 33 heavy (non-hydrogen) atoms. The van der Waals surface area contributed by atoms with Crippen LogP contribution >= 0.6 is 12.2 Å². The Bertz CT molecular complexity index is 1340. The summed E-state index contributed by atoms with van der Waals surface area (Å²) < 4.78 is 7.15. The molecule has 0 saturated carbocycles. The minimum atomic E-state index is -0.796. The maximum atomic E-state index is 12.8. The number of aryl methyl sites for hydroxylation is 1. The van der Waals surface area contributed by atoms with Crippen LogP contribution in [0.25, 0.3) is 22.3 Å². The van der Waals surface area contributed by atoms with E-state index in [1.54, 1.807) is 4.57 Å². The summed E-state index contributed by atoms with van der Waals surface area (Å²) in [5.41, 5.74) is 3.95. The predicted octanol–water partition coefficient (Wildman–Crippen LogP) is 3.69. The molecule has 9 heteroatoms.